The minimum absolute atomic E-state index is 0.159. The second-order valence-corrected chi connectivity index (χ2v) is 9.04. The molecule has 0 spiro atoms. The summed E-state index contributed by atoms with van der Waals surface area (Å²) >= 11 is 0. The molecule has 7 heteroatoms. The van der Waals surface area contributed by atoms with E-state index in [0.29, 0.717) is 30.5 Å². The highest BCUT2D eigenvalue weighted by atomic mass is 16.5. The lowest BCUT2D eigenvalue weighted by Gasteiger charge is -2.38. The van der Waals surface area contributed by atoms with Crippen molar-refractivity contribution in [3.8, 4) is 16.9 Å². The molecule has 0 bridgehead atoms. The van der Waals surface area contributed by atoms with Crippen LogP contribution >= 0.6 is 0 Å². The molecule has 1 amide bonds. The number of hydrogen-bond acceptors (Lipinski definition) is 4. The molecule has 2 atom stereocenters. The monoisotopic (exact) mass is 448 g/mol. The van der Waals surface area contributed by atoms with Crippen LogP contribution in [-0.2, 0) is 9.59 Å². The van der Waals surface area contributed by atoms with Crippen molar-refractivity contribution in [2.24, 2.45) is 5.41 Å². The highest BCUT2D eigenvalue weighted by Crippen LogP contribution is 2.32. The summed E-state index contributed by atoms with van der Waals surface area (Å²) in [5, 5.41) is 10.8. The van der Waals surface area contributed by atoms with Crippen molar-refractivity contribution in [3.05, 3.63) is 64.6 Å². The average molecular weight is 449 g/mol. The van der Waals surface area contributed by atoms with Gasteiger partial charge in [-0.1, -0.05) is 24.3 Å². The van der Waals surface area contributed by atoms with Crippen molar-refractivity contribution in [3.63, 3.8) is 0 Å². The van der Waals surface area contributed by atoms with Gasteiger partial charge in [0, 0.05) is 24.8 Å². The van der Waals surface area contributed by atoms with Crippen LogP contribution in [-0.4, -0.2) is 46.1 Å². The van der Waals surface area contributed by atoms with Crippen LogP contribution in [0.4, 0.5) is 0 Å². The maximum Gasteiger partial charge on any atom is 0.311 e. The van der Waals surface area contributed by atoms with Gasteiger partial charge in [-0.3, -0.25) is 14.4 Å². The number of rotatable bonds is 5. The van der Waals surface area contributed by atoms with Gasteiger partial charge in [0.2, 0.25) is 0 Å². The number of carbonyl (C=O) groups is 2. The van der Waals surface area contributed by atoms with Crippen LogP contribution in [0.15, 0.2) is 53.5 Å². The first-order valence-electron chi connectivity index (χ1n) is 11.1. The van der Waals surface area contributed by atoms with E-state index in [1.807, 2.05) is 37.3 Å². The summed E-state index contributed by atoms with van der Waals surface area (Å²) in [5.74, 6) is -0.745. The lowest BCUT2D eigenvalue weighted by molar-refractivity contribution is -0.155. The Morgan fingerprint density at radius 3 is 2.64 bits per heavy atom. The SMILES string of the molecule is Cc1ccccc1-c1c[nH]c(=O)c2cc(O[C@H](C)C(=O)N3CCC[C@](C)(C(=O)O)C3)ccc12. The first-order chi connectivity index (χ1) is 15.7. The fourth-order valence-electron chi connectivity index (χ4n) is 4.52. The largest absolute Gasteiger partial charge is 0.481 e. The van der Waals surface area contributed by atoms with Gasteiger partial charge < -0.3 is 19.7 Å². The zero-order valence-corrected chi connectivity index (χ0v) is 19.1. The van der Waals surface area contributed by atoms with Crippen molar-refractivity contribution in [2.75, 3.05) is 13.1 Å². The standard InChI is InChI=1S/C26H28N2O5/c1-16-7-4-5-8-19(16)22-14-27-23(29)21-13-18(9-10-20(21)22)33-17(2)24(30)28-12-6-11-26(3,15-28)25(31)32/h4-5,7-10,13-14,17H,6,11-12,15H2,1-3H3,(H,27,29)(H,31,32)/t17-,26+/m1/s1. The van der Waals surface area contributed by atoms with Crippen LogP contribution in [0.25, 0.3) is 21.9 Å². The molecule has 33 heavy (non-hydrogen) atoms. The third kappa shape index (κ3) is 4.35. The number of benzene rings is 2. The number of nitrogens with zero attached hydrogens (tertiary/aromatic N) is 1. The molecular weight excluding hydrogens is 420 g/mol. The van der Waals surface area contributed by atoms with Crippen molar-refractivity contribution in [2.45, 2.75) is 39.7 Å². The predicted octanol–water partition coefficient (Wildman–Crippen LogP) is 3.98. The zero-order valence-electron chi connectivity index (χ0n) is 19.1. The second-order valence-electron chi connectivity index (χ2n) is 9.04. The fraction of sp³-hybridized carbons (Fsp3) is 0.346. The Bertz CT molecular complexity index is 1280. The van der Waals surface area contributed by atoms with Gasteiger partial charge in [-0.25, -0.2) is 0 Å². The predicted molar refractivity (Wildman–Crippen MR) is 126 cm³/mol. The Morgan fingerprint density at radius 1 is 1.15 bits per heavy atom. The smallest absolute Gasteiger partial charge is 0.311 e. The van der Waals surface area contributed by atoms with E-state index in [9.17, 15) is 19.5 Å². The molecule has 1 aliphatic rings. The summed E-state index contributed by atoms with van der Waals surface area (Å²) in [6.07, 6.45) is 2.08. The summed E-state index contributed by atoms with van der Waals surface area (Å²) in [6, 6.07) is 13.2. The first kappa shape index (κ1) is 22.6. The summed E-state index contributed by atoms with van der Waals surface area (Å²) in [4.78, 5) is 41.5. The van der Waals surface area contributed by atoms with E-state index in [2.05, 4.69) is 4.98 Å². The maximum atomic E-state index is 13.0. The molecule has 2 N–H and O–H groups in total. The van der Waals surface area contributed by atoms with E-state index in [1.54, 1.807) is 37.1 Å². The number of aromatic nitrogens is 1. The lowest BCUT2D eigenvalue weighted by atomic mass is 9.82. The Kier molecular flexibility index (Phi) is 5.97. The maximum absolute atomic E-state index is 13.0. The van der Waals surface area contributed by atoms with E-state index < -0.39 is 17.5 Å². The Hall–Kier alpha value is -3.61. The number of fused-ring (bicyclic) bond motifs is 1. The molecular formula is C26H28N2O5. The Labute approximate surface area is 192 Å². The third-order valence-electron chi connectivity index (χ3n) is 6.49. The number of aliphatic carboxylic acids is 1. The third-order valence-corrected chi connectivity index (χ3v) is 6.49. The molecule has 1 fully saturated rings. The van der Waals surface area contributed by atoms with Gasteiger partial charge in [0.1, 0.15) is 5.75 Å². The van der Waals surface area contributed by atoms with Crippen LogP contribution in [0.5, 0.6) is 5.75 Å². The summed E-state index contributed by atoms with van der Waals surface area (Å²) in [5.41, 5.74) is 1.86. The molecule has 1 aliphatic heterocycles. The molecule has 0 aliphatic carbocycles. The van der Waals surface area contributed by atoms with Crippen LogP contribution < -0.4 is 10.3 Å². The number of carbonyl (C=O) groups excluding carboxylic acids is 1. The number of carboxylic acids is 1. The molecule has 3 aromatic rings. The normalized spacial score (nSPS) is 19.3. The number of likely N-dealkylation sites (tertiary alicyclic amines) is 1. The Morgan fingerprint density at radius 2 is 1.91 bits per heavy atom. The van der Waals surface area contributed by atoms with Crippen molar-refractivity contribution in [1.29, 1.82) is 0 Å². The topological polar surface area (TPSA) is 99.7 Å². The minimum Gasteiger partial charge on any atom is -0.481 e. The number of aryl methyl sites for hydroxylation is 1. The van der Waals surface area contributed by atoms with Gasteiger partial charge >= 0.3 is 5.97 Å². The van der Waals surface area contributed by atoms with Gasteiger partial charge in [-0.15, -0.1) is 0 Å². The number of hydrogen-bond donors (Lipinski definition) is 2. The molecule has 2 aromatic carbocycles. The van der Waals surface area contributed by atoms with Crippen LogP contribution in [0.1, 0.15) is 32.3 Å². The van der Waals surface area contributed by atoms with Crippen LogP contribution in [0.3, 0.4) is 0 Å². The second kappa shape index (κ2) is 8.73. The molecule has 172 valence electrons. The molecule has 1 aromatic heterocycles. The number of carboxylic acid groups (broad SMARTS) is 1. The molecule has 0 unspecified atom stereocenters. The summed E-state index contributed by atoms with van der Waals surface area (Å²) in [6.45, 7) is 6.00. The first-order valence-corrected chi connectivity index (χ1v) is 11.1. The molecule has 1 saturated heterocycles. The molecule has 7 nitrogen and oxygen atoms in total. The van der Waals surface area contributed by atoms with Crippen molar-refractivity contribution < 1.29 is 19.4 Å². The van der Waals surface area contributed by atoms with Crippen molar-refractivity contribution >= 4 is 22.6 Å². The number of piperidine rings is 1. The van der Waals surface area contributed by atoms with Gasteiger partial charge in [0.15, 0.2) is 6.10 Å². The van der Waals surface area contributed by atoms with Crippen molar-refractivity contribution in [1.82, 2.24) is 9.88 Å². The Balaban J connectivity index is 1.59. The van der Waals surface area contributed by atoms with Gasteiger partial charge in [-0.2, -0.15) is 0 Å². The molecule has 0 radical (unpaired) electrons. The highest BCUT2D eigenvalue weighted by Gasteiger charge is 2.40. The van der Waals surface area contributed by atoms with E-state index in [1.165, 1.54) is 0 Å². The highest BCUT2D eigenvalue weighted by molar-refractivity contribution is 5.97. The number of aromatic amines is 1. The van der Waals surface area contributed by atoms with Gasteiger partial charge in [0.05, 0.1) is 10.8 Å². The van der Waals surface area contributed by atoms with E-state index in [0.717, 1.165) is 22.1 Å². The number of H-pyrrole nitrogens is 1. The quantitative estimate of drug-likeness (QED) is 0.615. The van der Waals surface area contributed by atoms with E-state index >= 15 is 0 Å². The van der Waals surface area contributed by atoms with Crippen LogP contribution in [0.2, 0.25) is 0 Å². The molecule has 4 rings (SSSR count). The minimum atomic E-state index is -0.949. The number of nitrogens with one attached hydrogen (secondary N) is 1. The summed E-state index contributed by atoms with van der Waals surface area (Å²) in [7, 11) is 0. The van der Waals surface area contributed by atoms with E-state index in [-0.39, 0.29) is 18.0 Å². The van der Waals surface area contributed by atoms with Crippen LogP contribution in [0, 0.1) is 12.3 Å². The number of ether oxygens (including phenoxy) is 1. The number of pyridine rings is 1. The zero-order chi connectivity index (χ0) is 23.8. The van der Waals surface area contributed by atoms with Gasteiger partial charge in [0.25, 0.3) is 11.5 Å². The molecule has 0 saturated carbocycles. The molecule has 2 heterocycles. The summed E-state index contributed by atoms with van der Waals surface area (Å²) < 4.78 is 5.90. The van der Waals surface area contributed by atoms with E-state index in [4.69, 9.17) is 4.74 Å². The average Bonchev–Trinajstić information content (AvgIpc) is 2.79. The van der Waals surface area contributed by atoms with Gasteiger partial charge in [-0.05, 0) is 68.3 Å². The lowest BCUT2D eigenvalue weighted by Crippen LogP contribution is -2.51. The number of amides is 1. The fourth-order valence-corrected chi connectivity index (χ4v) is 4.52.